The fourth-order valence-electron chi connectivity index (χ4n) is 2.94. The summed E-state index contributed by atoms with van der Waals surface area (Å²) in [4.78, 5) is 29.5. The number of pyridine rings is 1. The van der Waals surface area contributed by atoms with E-state index in [1.54, 1.807) is 24.3 Å². The van der Waals surface area contributed by atoms with Gasteiger partial charge in [-0.05, 0) is 43.2 Å². The second-order valence-electron chi connectivity index (χ2n) is 6.64. The highest BCUT2D eigenvalue weighted by atomic mass is 32.2. The summed E-state index contributed by atoms with van der Waals surface area (Å²) in [6.07, 6.45) is 3.61. The SMILES string of the molecule is O=C(O)CCCCCN1C(=O)/C(=C/c2cccc(-c3cc(F)cc(F)c3)n2)SC1=S. The van der Waals surface area contributed by atoms with Crippen LogP contribution in [0.1, 0.15) is 31.4 Å². The van der Waals surface area contributed by atoms with Crippen LogP contribution in [-0.4, -0.2) is 37.7 Å². The first-order valence-corrected chi connectivity index (χ1v) is 10.5. The Morgan fingerprint density at radius 3 is 2.60 bits per heavy atom. The minimum absolute atomic E-state index is 0.107. The van der Waals surface area contributed by atoms with Gasteiger partial charge in [-0.3, -0.25) is 14.5 Å². The Bertz CT molecular complexity index is 1010. The summed E-state index contributed by atoms with van der Waals surface area (Å²) in [6.45, 7) is 0.428. The van der Waals surface area contributed by atoms with E-state index in [2.05, 4.69) is 4.98 Å². The molecule has 1 aliphatic rings. The van der Waals surface area contributed by atoms with E-state index in [-0.39, 0.29) is 12.3 Å². The number of thioether (sulfide) groups is 1. The van der Waals surface area contributed by atoms with Crippen LogP contribution < -0.4 is 0 Å². The van der Waals surface area contributed by atoms with Gasteiger partial charge in [-0.15, -0.1) is 0 Å². The summed E-state index contributed by atoms with van der Waals surface area (Å²) in [7, 11) is 0. The number of carboxylic acid groups (broad SMARTS) is 1. The number of aromatic nitrogens is 1. The van der Waals surface area contributed by atoms with E-state index in [0.717, 1.165) is 6.07 Å². The van der Waals surface area contributed by atoms with Crippen molar-refractivity contribution in [1.29, 1.82) is 0 Å². The van der Waals surface area contributed by atoms with E-state index in [4.69, 9.17) is 17.3 Å². The molecule has 0 spiro atoms. The fourth-order valence-corrected chi connectivity index (χ4v) is 4.24. The van der Waals surface area contributed by atoms with Crippen LogP contribution in [0.5, 0.6) is 0 Å². The van der Waals surface area contributed by atoms with E-state index in [1.165, 1.54) is 28.8 Å². The summed E-state index contributed by atoms with van der Waals surface area (Å²) >= 11 is 6.46. The van der Waals surface area contributed by atoms with Crippen LogP contribution in [0.25, 0.3) is 17.3 Å². The molecule has 1 fully saturated rings. The van der Waals surface area contributed by atoms with Crippen LogP contribution in [0.3, 0.4) is 0 Å². The maximum absolute atomic E-state index is 13.5. The number of halogens is 2. The van der Waals surface area contributed by atoms with Crippen molar-refractivity contribution >= 4 is 46.3 Å². The molecular weight excluding hydrogens is 430 g/mol. The van der Waals surface area contributed by atoms with Crippen molar-refractivity contribution < 1.29 is 23.5 Å². The average molecular weight is 449 g/mol. The molecule has 0 aliphatic carbocycles. The summed E-state index contributed by atoms with van der Waals surface area (Å²) in [5, 5.41) is 8.66. The Morgan fingerprint density at radius 1 is 1.17 bits per heavy atom. The number of hydrogen-bond acceptors (Lipinski definition) is 5. The zero-order valence-electron chi connectivity index (χ0n) is 15.8. The molecule has 1 saturated heterocycles. The van der Waals surface area contributed by atoms with Gasteiger partial charge in [-0.25, -0.2) is 13.8 Å². The van der Waals surface area contributed by atoms with Crippen molar-refractivity contribution in [2.75, 3.05) is 6.54 Å². The number of rotatable bonds is 8. The van der Waals surface area contributed by atoms with Gasteiger partial charge in [0, 0.05) is 24.6 Å². The predicted octanol–water partition coefficient (Wildman–Crippen LogP) is 4.87. The molecule has 1 aliphatic heterocycles. The molecule has 156 valence electrons. The van der Waals surface area contributed by atoms with Gasteiger partial charge >= 0.3 is 5.97 Å². The highest BCUT2D eigenvalue weighted by Gasteiger charge is 2.31. The van der Waals surface area contributed by atoms with Crippen molar-refractivity contribution in [3.63, 3.8) is 0 Å². The van der Waals surface area contributed by atoms with Crippen LogP contribution in [0.2, 0.25) is 0 Å². The summed E-state index contributed by atoms with van der Waals surface area (Å²) < 4.78 is 27.4. The average Bonchev–Trinajstić information content (AvgIpc) is 2.94. The molecule has 9 heteroatoms. The lowest BCUT2D eigenvalue weighted by atomic mass is 10.1. The van der Waals surface area contributed by atoms with Crippen molar-refractivity contribution in [1.82, 2.24) is 9.88 Å². The number of hydrogen-bond donors (Lipinski definition) is 1. The summed E-state index contributed by atoms with van der Waals surface area (Å²) in [5.41, 5.74) is 1.16. The van der Waals surface area contributed by atoms with Crippen molar-refractivity contribution in [2.24, 2.45) is 0 Å². The fraction of sp³-hybridized carbons (Fsp3) is 0.238. The highest BCUT2D eigenvalue weighted by Crippen LogP contribution is 2.33. The normalized spacial score (nSPS) is 15.3. The number of carbonyl (C=O) groups excluding carboxylic acids is 1. The van der Waals surface area contributed by atoms with Crippen molar-refractivity contribution in [2.45, 2.75) is 25.7 Å². The van der Waals surface area contributed by atoms with E-state index in [0.29, 0.717) is 52.0 Å². The first kappa shape index (κ1) is 22.0. The molecule has 0 unspecified atom stereocenters. The van der Waals surface area contributed by atoms with Crippen LogP contribution in [-0.2, 0) is 9.59 Å². The topological polar surface area (TPSA) is 70.5 Å². The predicted molar refractivity (Wildman–Crippen MR) is 116 cm³/mol. The lowest BCUT2D eigenvalue weighted by Gasteiger charge is -2.13. The van der Waals surface area contributed by atoms with Crippen molar-refractivity contribution in [3.8, 4) is 11.3 Å². The van der Waals surface area contributed by atoms with Crippen LogP contribution in [0.4, 0.5) is 8.78 Å². The minimum atomic E-state index is -0.834. The molecule has 30 heavy (non-hydrogen) atoms. The third kappa shape index (κ3) is 5.70. The second kappa shape index (κ2) is 9.90. The van der Waals surface area contributed by atoms with Gasteiger partial charge in [-0.1, -0.05) is 36.5 Å². The van der Waals surface area contributed by atoms with Gasteiger partial charge in [-0.2, -0.15) is 0 Å². The number of carboxylic acids is 1. The van der Waals surface area contributed by atoms with Crippen LogP contribution in [0.15, 0.2) is 41.3 Å². The Labute approximate surface area is 181 Å². The molecule has 2 aromatic rings. The number of aliphatic carboxylic acids is 1. The minimum Gasteiger partial charge on any atom is -0.481 e. The molecule has 1 aromatic heterocycles. The third-order valence-corrected chi connectivity index (χ3v) is 5.73. The van der Waals surface area contributed by atoms with E-state index < -0.39 is 17.6 Å². The van der Waals surface area contributed by atoms with Crippen LogP contribution in [0, 0.1) is 11.6 Å². The molecule has 3 rings (SSSR count). The lowest BCUT2D eigenvalue weighted by Crippen LogP contribution is -2.29. The first-order chi connectivity index (χ1) is 14.3. The largest absolute Gasteiger partial charge is 0.481 e. The lowest BCUT2D eigenvalue weighted by molar-refractivity contribution is -0.137. The van der Waals surface area contributed by atoms with E-state index >= 15 is 0 Å². The van der Waals surface area contributed by atoms with Gasteiger partial charge in [0.15, 0.2) is 0 Å². The summed E-state index contributed by atoms with van der Waals surface area (Å²) in [5.74, 6) is -2.45. The molecule has 0 radical (unpaired) electrons. The molecule has 0 bridgehead atoms. The maximum Gasteiger partial charge on any atom is 0.303 e. The second-order valence-corrected chi connectivity index (χ2v) is 8.32. The first-order valence-electron chi connectivity index (χ1n) is 9.24. The van der Waals surface area contributed by atoms with E-state index in [1.807, 2.05) is 0 Å². The number of benzene rings is 1. The maximum atomic E-state index is 13.5. The number of thiocarbonyl (C=S) groups is 1. The van der Waals surface area contributed by atoms with Crippen molar-refractivity contribution in [3.05, 3.63) is 58.6 Å². The monoisotopic (exact) mass is 448 g/mol. The standard InChI is InChI=1S/C21H18F2N2O3S2/c22-14-9-13(10-15(23)11-14)17-6-4-5-16(24-17)12-18-20(28)25(21(29)30-18)8-3-1-2-7-19(26)27/h4-6,9-12H,1-3,7-8H2,(H,26,27)/b18-12-. The highest BCUT2D eigenvalue weighted by molar-refractivity contribution is 8.26. The molecular formula is C21H18F2N2O3S2. The molecule has 1 amide bonds. The Hall–Kier alpha value is -2.65. The third-order valence-electron chi connectivity index (χ3n) is 4.35. The number of amides is 1. The quantitative estimate of drug-likeness (QED) is 0.353. The van der Waals surface area contributed by atoms with Gasteiger partial charge in [0.1, 0.15) is 16.0 Å². The molecule has 0 atom stereocenters. The number of nitrogens with zero attached hydrogens (tertiary/aromatic N) is 2. The molecule has 1 N–H and O–H groups in total. The number of unbranched alkanes of at least 4 members (excludes halogenated alkanes) is 2. The Kier molecular flexibility index (Phi) is 7.28. The molecule has 1 aromatic carbocycles. The summed E-state index contributed by atoms with van der Waals surface area (Å²) in [6, 6.07) is 8.20. The van der Waals surface area contributed by atoms with Gasteiger partial charge in [0.25, 0.3) is 5.91 Å². The molecule has 2 heterocycles. The number of carbonyl (C=O) groups is 2. The van der Waals surface area contributed by atoms with Gasteiger partial charge in [0.05, 0.1) is 16.3 Å². The van der Waals surface area contributed by atoms with E-state index in [9.17, 15) is 18.4 Å². The Balaban J connectivity index is 1.70. The zero-order valence-corrected chi connectivity index (χ0v) is 17.4. The molecule has 0 saturated carbocycles. The van der Waals surface area contributed by atoms with Gasteiger partial charge in [0.2, 0.25) is 0 Å². The zero-order chi connectivity index (χ0) is 21.7. The smallest absolute Gasteiger partial charge is 0.303 e. The van der Waals surface area contributed by atoms with Gasteiger partial charge < -0.3 is 5.11 Å². The molecule has 5 nitrogen and oxygen atoms in total. The Morgan fingerprint density at radius 2 is 1.90 bits per heavy atom. The van der Waals surface area contributed by atoms with Crippen LogP contribution >= 0.6 is 24.0 Å².